The van der Waals surface area contributed by atoms with Crippen molar-refractivity contribution < 1.29 is 4.43 Å². The summed E-state index contributed by atoms with van der Waals surface area (Å²) >= 11 is 0. The topological polar surface area (TPSA) is 47.3 Å². The summed E-state index contributed by atoms with van der Waals surface area (Å²) in [5, 5.41) is 3.19. The molecule has 0 heterocycles. The first-order valence-electron chi connectivity index (χ1n) is 4.78. The minimum atomic E-state index is 0.0278. The maximum absolute atomic E-state index is 5.63. The van der Waals surface area contributed by atoms with Crippen LogP contribution in [0, 0.1) is 0 Å². The Kier molecular flexibility index (Phi) is 4.82. The second-order valence-corrected chi connectivity index (χ2v) is 3.95. The number of benzene rings is 1. The van der Waals surface area contributed by atoms with Crippen LogP contribution in [0.1, 0.15) is 18.1 Å². The fourth-order valence-electron chi connectivity index (χ4n) is 1.30. The third kappa shape index (κ3) is 3.59. The number of hydrogen-bond donors (Lipinski definition) is 2. The summed E-state index contributed by atoms with van der Waals surface area (Å²) in [6.45, 7) is 3.45. The average Bonchev–Trinajstić information content (AvgIpc) is 2.17. The lowest BCUT2D eigenvalue weighted by Gasteiger charge is -2.12. The Morgan fingerprint density at radius 2 is 2.07 bits per heavy atom. The van der Waals surface area contributed by atoms with Crippen molar-refractivity contribution in [3.63, 3.8) is 0 Å². The van der Waals surface area contributed by atoms with Crippen molar-refractivity contribution in [1.82, 2.24) is 5.32 Å². The molecular formula is C10H18N2OSi. The van der Waals surface area contributed by atoms with Crippen LogP contribution in [0.25, 0.3) is 0 Å². The van der Waals surface area contributed by atoms with Gasteiger partial charge in [-0.2, -0.15) is 0 Å². The molecule has 1 rings (SSSR count). The molecule has 0 aliphatic rings. The van der Waals surface area contributed by atoms with E-state index in [4.69, 9.17) is 10.2 Å². The maximum atomic E-state index is 5.63. The molecular weight excluding hydrogens is 192 g/mol. The molecule has 0 radical (unpaired) electrons. The van der Waals surface area contributed by atoms with Crippen LogP contribution >= 0.6 is 0 Å². The summed E-state index contributed by atoms with van der Waals surface area (Å²) in [4.78, 5) is 0. The Morgan fingerprint density at radius 1 is 1.43 bits per heavy atom. The van der Waals surface area contributed by atoms with Gasteiger partial charge < -0.3 is 10.2 Å². The molecule has 3 N–H and O–H groups in total. The standard InChI is InChI=1S/C10H18N2OSi/c1-8(11)12-6-9-4-2-3-5-10(9)7-13-14/h2-5,8,12H,6-7,11H2,1,14H3. The van der Waals surface area contributed by atoms with E-state index in [2.05, 4.69) is 17.4 Å². The molecule has 78 valence electrons. The summed E-state index contributed by atoms with van der Waals surface area (Å²) in [5.41, 5.74) is 8.14. The van der Waals surface area contributed by atoms with Gasteiger partial charge in [0.15, 0.2) is 0 Å². The van der Waals surface area contributed by atoms with E-state index in [1.54, 1.807) is 0 Å². The molecule has 14 heavy (non-hydrogen) atoms. The summed E-state index contributed by atoms with van der Waals surface area (Å²) in [5.74, 6) is 0. The first kappa shape index (κ1) is 11.4. The number of hydrogen-bond acceptors (Lipinski definition) is 3. The molecule has 1 aromatic carbocycles. The Labute approximate surface area is 88.2 Å². The van der Waals surface area contributed by atoms with E-state index in [1.165, 1.54) is 11.1 Å². The van der Waals surface area contributed by atoms with Crippen LogP contribution in [0.4, 0.5) is 0 Å². The Morgan fingerprint density at radius 3 is 2.64 bits per heavy atom. The highest BCUT2D eigenvalue weighted by atomic mass is 28.2. The third-order valence-electron chi connectivity index (χ3n) is 2.03. The van der Waals surface area contributed by atoms with Gasteiger partial charge in [0.05, 0.1) is 12.8 Å². The molecule has 1 aromatic rings. The average molecular weight is 210 g/mol. The summed E-state index contributed by atoms with van der Waals surface area (Å²) in [7, 11) is 0.777. The smallest absolute Gasteiger partial charge is 0.146 e. The van der Waals surface area contributed by atoms with Gasteiger partial charge in [-0.25, -0.2) is 0 Å². The van der Waals surface area contributed by atoms with Crippen molar-refractivity contribution in [1.29, 1.82) is 0 Å². The number of nitrogens with one attached hydrogen (secondary N) is 1. The summed E-state index contributed by atoms with van der Waals surface area (Å²) in [6, 6.07) is 8.27. The number of rotatable bonds is 5. The normalized spacial score (nSPS) is 13.0. The van der Waals surface area contributed by atoms with Gasteiger partial charge in [-0.1, -0.05) is 24.3 Å². The molecule has 0 aliphatic carbocycles. The molecule has 0 aromatic heterocycles. The van der Waals surface area contributed by atoms with Gasteiger partial charge in [0.25, 0.3) is 0 Å². The highest BCUT2D eigenvalue weighted by Crippen LogP contribution is 2.09. The quantitative estimate of drug-likeness (QED) is 0.526. The molecule has 0 fully saturated rings. The fourth-order valence-corrected chi connectivity index (χ4v) is 1.61. The van der Waals surface area contributed by atoms with Crippen molar-refractivity contribution in [2.45, 2.75) is 26.2 Å². The van der Waals surface area contributed by atoms with Gasteiger partial charge in [0.2, 0.25) is 0 Å². The van der Waals surface area contributed by atoms with Crippen molar-refractivity contribution >= 4 is 10.5 Å². The van der Waals surface area contributed by atoms with Crippen LogP contribution in [0.5, 0.6) is 0 Å². The first-order chi connectivity index (χ1) is 6.74. The molecule has 0 saturated carbocycles. The second-order valence-electron chi connectivity index (χ2n) is 3.37. The van der Waals surface area contributed by atoms with Gasteiger partial charge >= 0.3 is 0 Å². The van der Waals surface area contributed by atoms with Crippen LogP contribution < -0.4 is 11.1 Å². The predicted octanol–water partition coefficient (Wildman–Crippen LogP) is -0.122. The zero-order valence-corrected chi connectivity index (χ0v) is 10.8. The summed E-state index contributed by atoms with van der Waals surface area (Å²) < 4.78 is 5.26. The van der Waals surface area contributed by atoms with E-state index >= 15 is 0 Å². The van der Waals surface area contributed by atoms with Crippen LogP contribution in [-0.4, -0.2) is 16.7 Å². The SMILES string of the molecule is CC(N)NCc1ccccc1CO[SiH3]. The summed E-state index contributed by atoms with van der Waals surface area (Å²) in [6.07, 6.45) is 0.0278. The lowest BCUT2D eigenvalue weighted by molar-refractivity contribution is 0.336. The Bertz CT molecular complexity index is 279. The van der Waals surface area contributed by atoms with E-state index < -0.39 is 0 Å². The highest BCUT2D eigenvalue weighted by Gasteiger charge is 2.01. The first-order valence-corrected chi connectivity index (χ1v) is 5.60. The molecule has 0 saturated heterocycles. The molecule has 0 amide bonds. The highest BCUT2D eigenvalue weighted by molar-refractivity contribution is 5.97. The van der Waals surface area contributed by atoms with Gasteiger partial charge in [0.1, 0.15) is 10.5 Å². The molecule has 3 nitrogen and oxygen atoms in total. The molecule has 0 bridgehead atoms. The fraction of sp³-hybridized carbons (Fsp3) is 0.400. The van der Waals surface area contributed by atoms with Crippen LogP contribution in [0.15, 0.2) is 24.3 Å². The van der Waals surface area contributed by atoms with E-state index in [1.807, 2.05) is 19.1 Å². The van der Waals surface area contributed by atoms with Crippen molar-refractivity contribution in [2.24, 2.45) is 5.73 Å². The Hall–Kier alpha value is -0.683. The lowest BCUT2D eigenvalue weighted by atomic mass is 10.1. The molecule has 1 unspecified atom stereocenters. The minimum absolute atomic E-state index is 0.0278. The molecule has 0 aliphatic heterocycles. The maximum Gasteiger partial charge on any atom is 0.146 e. The predicted molar refractivity (Wildman–Crippen MR) is 61.7 cm³/mol. The van der Waals surface area contributed by atoms with Crippen molar-refractivity contribution in [3.05, 3.63) is 35.4 Å². The Balaban J connectivity index is 2.64. The van der Waals surface area contributed by atoms with Gasteiger partial charge in [-0.05, 0) is 18.1 Å². The minimum Gasteiger partial charge on any atom is -0.424 e. The van der Waals surface area contributed by atoms with E-state index in [9.17, 15) is 0 Å². The van der Waals surface area contributed by atoms with Gasteiger partial charge in [-0.15, -0.1) is 0 Å². The van der Waals surface area contributed by atoms with Gasteiger partial charge in [-0.3, -0.25) is 5.32 Å². The van der Waals surface area contributed by atoms with Crippen LogP contribution in [0.3, 0.4) is 0 Å². The van der Waals surface area contributed by atoms with E-state index in [-0.39, 0.29) is 6.17 Å². The molecule has 1 atom stereocenters. The van der Waals surface area contributed by atoms with Crippen LogP contribution in [-0.2, 0) is 17.6 Å². The zero-order chi connectivity index (χ0) is 10.4. The van der Waals surface area contributed by atoms with E-state index in [0.717, 1.165) is 17.0 Å². The largest absolute Gasteiger partial charge is 0.424 e. The third-order valence-corrected chi connectivity index (χ3v) is 2.32. The molecule has 0 spiro atoms. The zero-order valence-electron chi connectivity index (χ0n) is 8.79. The monoisotopic (exact) mass is 210 g/mol. The van der Waals surface area contributed by atoms with E-state index in [0.29, 0.717) is 6.61 Å². The van der Waals surface area contributed by atoms with Crippen LogP contribution in [0.2, 0.25) is 0 Å². The van der Waals surface area contributed by atoms with Gasteiger partial charge in [0, 0.05) is 6.54 Å². The van der Waals surface area contributed by atoms with Crippen molar-refractivity contribution in [2.75, 3.05) is 0 Å². The number of nitrogens with two attached hydrogens (primary N) is 1. The lowest BCUT2D eigenvalue weighted by Crippen LogP contribution is -2.33. The molecule has 4 heteroatoms. The van der Waals surface area contributed by atoms with Crippen molar-refractivity contribution in [3.8, 4) is 0 Å². The second kappa shape index (κ2) is 5.92.